The smallest absolute Gasteiger partial charge is 0.328 e. The average molecular weight is 280 g/mol. The van der Waals surface area contributed by atoms with E-state index in [4.69, 9.17) is 5.11 Å². The molecule has 6 heteroatoms. The highest BCUT2D eigenvalue weighted by Gasteiger charge is 2.24. The SMILES string of the molecule is CCc1ccc(CNC(=O)N[C@H](C(=O)O)[C@@H](C)O)cc1. The van der Waals surface area contributed by atoms with E-state index in [0.29, 0.717) is 6.54 Å². The molecule has 0 spiro atoms. The van der Waals surface area contributed by atoms with Gasteiger partial charge >= 0.3 is 12.0 Å². The van der Waals surface area contributed by atoms with Crippen LogP contribution in [0.15, 0.2) is 24.3 Å². The van der Waals surface area contributed by atoms with Crippen LogP contribution < -0.4 is 10.6 Å². The van der Waals surface area contributed by atoms with Gasteiger partial charge in [-0.05, 0) is 24.5 Å². The minimum atomic E-state index is -1.32. The summed E-state index contributed by atoms with van der Waals surface area (Å²) in [5, 5.41) is 22.8. The summed E-state index contributed by atoms with van der Waals surface area (Å²) < 4.78 is 0. The van der Waals surface area contributed by atoms with Gasteiger partial charge in [-0.2, -0.15) is 0 Å². The normalized spacial score (nSPS) is 13.3. The monoisotopic (exact) mass is 280 g/mol. The quantitative estimate of drug-likeness (QED) is 0.621. The summed E-state index contributed by atoms with van der Waals surface area (Å²) in [6, 6.07) is 5.82. The zero-order chi connectivity index (χ0) is 15.1. The number of rotatable bonds is 6. The van der Waals surface area contributed by atoms with Gasteiger partial charge in [0.1, 0.15) is 0 Å². The van der Waals surface area contributed by atoms with Crippen LogP contribution in [0.5, 0.6) is 0 Å². The molecule has 1 aromatic carbocycles. The molecule has 0 heterocycles. The fourth-order valence-electron chi connectivity index (χ4n) is 1.66. The molecule has 0 unspecified atom stereocenters. The third-order valence-electron chi connectivity index (χ3n) is 2.92. The summed E-state index contributed by atoms with van der Waals surface area (Å²) in [5.41, 5.74) is 2.12. The van der Waals surface area contributed by atoms with Crippen molar-refractivity contribution < 1.29 is 19.8 Å². The van der Waals surface area contributed by atoms with E-state index in [1.54, 1.807) is 0 Å². The van der Waals surface area contributed by atoms with Crippen molar-refractivity contribution in [3.8, 4) is 0 Å². The van der Waals surface area contributed by atoms with Crippen molar-refractivity contribution in [3.63, 3.8) is 0 Å². The second-order valence-corrected chi connectivity index (χ2v) is 4.55. The number of hydrogen-bond donors (Lipinski definition) is 4. The highest BCUT2D eigenvalue weighted by Crippen LogP contribution is 2.04. The molecular formula is C14H20N2O4. The van der Waals surface area contributed by atoms with Crippen molar-refractivity contribution in [2.45, 2.75) is 39.0 Å². The predicted octanol–water partition coefficient (Wildman–Crippen LogP) is 0.882. The van der Waals surface area contributed by atoms with Gasteiger partial charge in [-0.25, -0.2) is 9.59 Å². The average Bonchev–Trinajstić information content (AvgIpc) is 2.42. The molecule has 0 saturated heterocycles. The lowest BCUT2D eigenvalue weighted by molar-refractivity contribution is -0.141. The summed E-state index contributed by atoms with van der Waals surface area (Å²) >= 11 is 0. The van der Waals surface area contributed by atoms with E-state index < -0.39 is 24.1 Å². The maximum atomic E-state index is 11.6. The number of carbonyl (C=O) groups excluding carboxylic acids is 1. The van der Waals surface area contributed by atoms with Crippen molar-refractivity contribution in [1.82, 2.24) is 10.6 Å². The maximum Gasteiger partial charge on any atom is 0.328 e. The first-order valence-corrected chi connectivity index (χ1v) is 6.47. The van der Waals surface area contributed by atoms with Crippen LogP contribution in [-0.2, 0) is 17.8 Å². The molecule has 0 aliphatic carbocycles. The lowest BCUT2D eigenvalue weighted by atomic mass is 10.1. The Labute approximate surface area is 117 Å². The van der Waals surface area contributed by atoms with Gasteiger partial charge in [-0.1, -0.05) is 31.2 Å². The van der Waals surface area contributed by atoms with E-state index in [-0.39, 0.29) is 0 Å². The zero-order valence-electron chi connectivity index (χ0n) is 11.6. The van der Waals surface area contributed by atoms with Crippen molar-refractivity contribution in [3.05, 3.63) is 35.4 Å². The molecular weight excluding hydrogens is 260 g/mol. The molecule has 0 fully saturated rings. The second kappa shape index (κ2) is 7.49. The first-order valence-electron chi connectivity index (χ1n) is 6.47. The molecule has 110 valence electrons. The number of amides is 2. The molecule has 0 bridgehead atoms. The van der Waals surface area contributed by atoms with Crippen molar-refractivity contribution in [2.24, 2.45) is 0 Å². The number of nitrogens with one attached hydrogen (secondary N) is 2. The third-order valence-corrected chi connectivity index (χ3v) is 2.92. The van der Waals surface area contributed by atoms with Gasteiger partial charge in [0.25, 0.3) is 0 Å². The molecule has 1 rings (SSSR count). The van der Waals surface area contributed by atoms with Crippen LogP contribution in [0.1, 0.15) is 25.0 Å². The second-order valence-electron chi connectivity index (χ2n) is 4.55. The van der Waals surface area contributed by atoms with Crippen LogP contribution >= 0.6 is 0 Å². The van der Waals surface area contributed by atoms with Crippen LogP contribution in [-0.4, -0.2) is 34.4 Å². The first-order chi connectivity index (χ1) is 9.43. The van der Waals surface area contributed by atoms with Gasteiger partial charge in [0.05, 0.1) is 6.10 Å². The Kier molecular flexibility index (Phi) is 5.99. The van der Waals surface area contributed by atoms with Gasteiger partial charge < -0.3 is 20.8 Å². The molecule has 0 radical (unpaired) electrons. The summed E-state index contributed by atoms with van der Waals surface area (Å²) in [6.07, 6.45) is -0.217. The molecule has 2 amide bonds. The molecule has 20 heavy (non-hydrogen) atoms. The van der Waals surface area contributed by atoms with Crippen LogP contribution in [0, 0.1) is 0 Å². The highest BCUT2D eigenvalue weighted by molar-refractivity contribution is 5.82. The van der Waals surface area contributed by atoms with Gasteiger partial charge in [0.2, 0.25) is 0 Å². The summed E-state index contributed by atoms with van der Waals surface area (Å²) in [6.45, 7) is 3.66. The van der Waals surface area contributed by atoms with E-state index in [0.717, 1.165) is 12.0 Å². The summed E-state index contributed by atoms with van der Waals surface area (Å²) in [7, 11) is 0. The zero-order valence-corrected chi connectivity index (χ0v) is 11.6. The number of carbonyl (C=O) groups is 2. The Morgan fingerprint density at radius 3 is 2.20 bits per heavy atom. The van der Waals surface area contributed by atoms with Gasteiger partial charge in [-0.15, -0.1) is 0 Å². The van der Waals surface area contributed by atoms with E-state index in [9.17, 15) is 14.7 Å². The summed E-state index contributed by atoms with van der Waals surface area (Å²) in [5.74, 6) is -1.28. The van der Waals surface area contributed by atoms with E-state index in [1.165, 1.54) is 12.5 Å². The predicted molar refractivity (Wildman–Crippen MR) is 74.3 cm³/mol. The minimum Gasteiger partial charge on any atom is -0.480 e. The van der Waals surface area contributed by atoms with Crippen LogP contribution in [0.25, 0.3) is 0 Å². The van der Waals surface area contributed by atoms with Crippen molar-refractivity contribution >= 4 is 12.0 Å². The largest absolute Gasteiger partial charge is 0.480 e. The van der Waals surface area contributed by atoms with Crippen molar-refractivity contribution in [1.29, 1.82) is 0 Å². The number of aliphatic hydroxyl groups is 1. The van der Waals surface area contributed by atoms with Gasteiger partial charge in [0, 0.05) is 6.54 Å². The molecule has 4 N–H and O–H groups in total. The Hall–Kier alpha value is -2.08. The standard InChI is InChI=1S/C14H20N2O4/c1-3-10-4-6-11(7-5-10)8-15-14(20)16-12(9(2)17)13(18)19/h4-7,9,12,17H,3,8H2,1-2H3,(H,18,19)(H2,15,16,20)/t9-,12+/m1/s1. The number of hydrogen-bond acceptors (Lipinski definition) is 3. The highest BCUT2D eigenvalue weighted by atomic mass is 16.4. The minimum absolute atomic E-state index is 0.294. The lowest BCUT2D eigenvalue weighted by Gasteiger charge is -2.17. The number of carboxylic acid groups (broad SMARTS) is 1. The molecule has 0 aliphatic heterocycles. The number of carboxylic acids is 1. The van der Waals surface area contributed by atoms with Gasteiger partial charge in [0.15, 0.2) is 6.04 Å². The fraction of sp³-hybridized carbons (Fsp3) is 0.429. The molecule has 2 atom stereocenters. The fourth-order valence-corrected chi connectivity index (χ4v) is 1.66. The number of aliphatic hydroxyl groups excluding tert-OH is 1. The number of benzene rings is 1. The molecule has 0 aliphatic rings. The summed E-state index contributed by atoms with van der Waals surface area (Å²) in [4.78, 5) is 22.4. The van der Waals surface area contributed by atoms with Crippen LogP contribution in [0.3, 0.4) is 0 Å². The Morgan fingerprint density at radius 1 is 1.20 bits per heavy atom. The topological polar surface area (TPSA) is 98.7 Å². The van der Waals surface area contributed by atoms with E-state index in [2.05, 4.69) is 17.6 Å². The maximum absolute atomic E-state index is 11.6. The molecule has 0 saturated carbocycles. The van der Waals surface area contributed by atoms with Gasteiger partial charge in [-0.3, -0.25) is 0 Å². The Morgan fingerprint density at radius 2 is 1.75 bits per heavy atom. The van der Waals surface area contributed by atoms with Crippen LogP contribution in [0.4, 0.5) is 4.79 Å². The Bertz CT molecular complexity index is 457. The lowest BCUT2D eigenvalue weighted by Crippen LogP contribution is -2.50. The van der Waals surface area contributed by atoms with Crippen molar-refractivity contribution in [2.75, 3.05) is 0 Å². The molecule has 0 aromatic heterocycles. The molecule has 6 nitrogen and oxygen atoms in total. The first kappa shape index (κ1) is 16.0. The number of aliphatic carboxylic acids is 1. The van der Waals surface area contributed by atoms with Crippen LogP contribution in [0.2, 0.25) is 0 Å². The number of aryl methyl sites for hydroxylation is 1. The van der Waals surface area contributed by atoms with E-state index >= 15 is 0 Å². The Balaban J connectivity index is 2.47. The number of urea groups is 1. The van der Waals surface area contributed by atoms with E-state index in [1.807, 2.05) is 24.3 Å². The molecule has 1 aromatic rings. The third kappa shape index (κ3) is 4.89.